The van der Waals surface area contributed by atoms with Gasteiger partial charge in [0.25, 0.3) is 5.56 Å². The molecule has 2 aromatic heterocycles. The van der Waals surface area contributed by atoms with Gasteiger partial charge in [-0.15, -0.1) is 11.3 Å². The summed E-state index contributed by atoms with van der Waals surface area (Å²) in [6, 6.07) is 7.74. The van der Waals surface area contributed by atoms with Crippen LogP contribution in [0.1, 0.15) is 22.9 Å². The largest absolute Gasteiger partial charge is 0.324 e. The number of fused-ring (bicyclic) bond motifs is 1. The molecule has 0 atom stereocenters. The Balaban J connectivity index is 1.93. The molecule has 0 bridgehead atoms. The average molecular weight is 388 g/mol. The molecular weight excluding hydrogens is 366 g/mol. The highest BCUT2D eigenvalue weighted by molar-refractivity contribution is 7.98. The highest BCUT2D eigenvalue weighted by Gasteiger charge is 2.16. The summed E-state index contributed by atoms with van der Waals surface area (Å²) in [4.78, 5) is 31.8. The Morgan fingerprint density at radius 2 is 2.08 bits per heavy atom. The fourth-order valence-electron chi connectivity index (χ4n) is 2.80. The van der Waals surface area contributed by atoms with E-state index in [4.69, 9.17) is 0 Å². The van der Waals surface area contributed by atoms with Gasteiger partial charge in [0.15, 0.2) is 5.16 Å². The molecule has 0 aliphatic carbocycles. The minimum absolute atomic E-state index is 0.0530. The maximum Gasteiger partial charge on any atom is 0.263 e. The van der Waals surface area contributed by atoms with E-state index in [0.717, 1.165) is 32.9 Å². The van der Waals surface area contributed by atoms with Crippen LogP contribution in [-0.2, 0) is 17.8 Å². The van der Waals surface area contributed by atoms with Gasteiger partial charge in [-0.2, -0.15) is 0 Å². The predicted molar refractivity (Wildman–Crippen MR) is 110 cm³/mol. The standard InChI is InChI=1S/C19H21N3O2S2/c1-5-13-9-14-17(26-13)21-19(25-4)22(18(14)24)10-16(23)20-15-7-6-11(2)8-12(15)3/h6-9H,5,10H2,1-4H3,(H,20,23). The van der Waals surface area contributed by atoms with E-state index in [1.165, 1.54) is 27.7 Å². The second-order valence-electron chi connectivity index (χ2n) is 6.14. The highest BCUT2D eigenvalue weighted by Crippen LogP contribution is 2.24. The Hall–Kier alpha value is -2.12. The number of nitrogens with zero attached hydrogens (tertiary/aromatic N) is 2. The lowest BCUT2D eigenvalue weighted by atomic mass is 10.1. The van der Waals surface area contributed by atoms with Crippen LogP contribution >= 0.6 is 23.1 Å². The lowest BCUT2D eigenvalue weighted by Gasteiger charge is -2.12. The Bertz CT molecular complexity index is 1040. The summed E-state index contributed by atoms with van der Waals surface area (Å²) in [5, 5.41) is 4.04. The monoisotopic (exact) mass is 387 g/mol. The number of carbonyl (C=O) groups is 1. The molecule has 5 nitrogen and oxygen atoms in total. The van der Waals surface area contributed by atoms with E-state index in [1.54, 1.807) is 0 Å². The lowest BCUT2D eigenvalue weighted by molar-refractivity contribution is -0.116. The maximum absolute atomic E-state index is 12.9. The van der Waals surface area contributed by atoms with Gasteiger partial charge >= 0.3 is 0 Å². The zero-order valence-corrected chi connectivity index (χ0v) is 16.9. The van der Waals surface area contributed by atoms with E-state index >= 15 is 0 Å². The summed E-state index contributed by atoms with van der Waals surface area (Å²) in [6.07, 6.45) is 2.72. The molecule has 0 spiro atoms. The second kappa shape index (κ2) is 7.63. The molecule has 1 amide bonds. The van der Waals surface area contributed by atoms with Crippen molar-refractivity contribution in [1.82, 2.24) is 9.55 Å². The van der Waals surface area contributed by atoms with Gasteiger partial charge in [-0.25, -0.2) is 4.98 Å². The number of aryl methyl sites for hydroxylation is 3. The van der Waals surface area contributed by atoms with Gasteiger partial charge in [0, 0.05) is 10.6 Å². The van der Waals surface area contributed by atoms with Crippen molar-refractivity contribution in [3.63, 3.8) is 0 Å². The van der Waals surface area contributed by atoms with E-state index in [0.29, 0.717) is 10.5 Å². The molecule has 136 valence electrons. The Morgan fingerprint density at radius 3 is 2.73 bits per heavy atom. The van der Waals surface area contributed by atoms with Crippen molar-refractivity contribution in [3.8, 4) is 0 Å². The number of hydrogen-bond donors (Lipinski definition) is 1. The predicted octanol–water partition coefficient (Wildman–Crippen LogP) is 4.00. The van der Waals surface area contributed by atoms with Crippen LogP contribution in [0, 0.1) is 13.8 Å². The molecule has 0 saturated carbocycles. The summed E-state index contributed by atoms with van der Waals surface area (Å²) in [5.41, 5.74) is 2.73. The van der Waals surface area contributed by atoms with Crippen LogP contribution in [-0.4, -0.2) is 21.7 Å². The highest BCUT2D eigenvalue weighted by atomic mass is 32.2. The van der Waals surface area contributed by atoms with Gasteiger partial charge < -0.3 is 5.32 Å². The first kappa shape index (κ1) is 18.7. The fourth-order valence-corrected chi connectivity index (χ4v) is 4.37. The van der Waals surface area contributed by atoms with Crippen molar-refractivity contribution in [1.29, 1.82) is 0 Å². The number of anilines is 1. The summed E-state index contributed by atoms with van der Waals surface area (Å²) in [7, 11) is 0. The van der Waals surface area contributed by atoms with E-state index in [9.17, 15) is 9.59 Å². The molecule has 3 aromatic rings. The first-order chi connectivity index (χ1) is 12.4. The van der Waals surface area contributed by atoms with Crippen LogP contribution in [0.15, 0.2) is 34.2 Å². The number of amides is 1. The van der Waals surface area contributed by atoms with Crippen LogP contribution < -0.4 is 10.9 Å². The summed E-state index contributed by atoms with van der Waals surface area (Å²) in [5.74, 6) is -0.235. The zero-order valence-electron chi connectivity index (χ0n) is 15.3. The normalized spacial score (nSPS) is 11.1. The van der Waals surface area contributed by atoms with Crippen LogP contribution in [0.2, 0.25) is 0 Å². The lowest BCUT2D eigenvalue weighted by Crippen LogP contribution is -2.29. The molecule has 1 aromatic carbocycles. The van der Waals surface area contributed by atoms with Crippen LogP contribution in [0.25, 0.3) is 10.2 Å². The average Bonchev–Trinajstić information content (AvgIpc) is 3.03. The number of thioether (sulfide) groups is 1. The molecule has 0 aliphatic rings. The van der Waals surface area contributed by atoms with Crippen LogP contribution in [0.4, 0.5) is 5.69 Å². The van der Waals surface area contributed by atoms with Crippen LogP contribution in [0.3, 0.4) is 0 Å². The smallest absolute Gasteiger partial charge is 0.263 e. The molecule has 0 fully saturated rings. The van der Waals surface area contributed by atoms with Gasteiger partial charge in [0.05, 0.1) is 5.39 Å². The molecule has 3 rings (SSSR count). The van der Waals surface area contributed by atoms with Crippen molar-refractivity contribution in [3.05, 3.63) is 50.6 Å². The molecular formula is C19H21N3O2S2. The molecule has 0 aliphatic heterocycles. The van der Waals surface area contributed by atoms with Crippen LogP contribution in [0.5, 0.6) is 0 Å². The Labute approximate surface area is 160 Å². The van der Waals surface area contributed by atoms with Crippen molar-refractivity contribution >= 4 is 44.9 Å². The zero-order chi connectivity index (χ0) is 18.8. The van der Waals surface area contributed by atoms with E-state index in [-0.39, 0.29) is 18.0 Å². The third-order valence-electron chi connectivity index (χ3n) is 4.16. The molecule has 1 N–H and O–H groups in total. The summed E-state index contributed by atoms with van der Waals surface area (Å²) >= 11 is 2.91. The third kappa shape index (κ3) is 3.68. The van der Waals surface area contributed by atoms with Crippen molar-refractivity contribution in [2.24, 2.45) is 0 Å². The number of carbonyl (C=O) groups excluding carboxylic acids is 1. The first-order valence-electron chi connectivity index (χ1n) is 8.37. The van der Waals surface area contributed by atoms with Crippen molar-refractivity contribution in [2.45, 2.75) is 38.9 Å². The van der Waals surface area contributed by atoms with Crippen molar-refractivity contribution < 1.29 is 4.79 Å². The summed E-state index contributed by atoms with van der Waals surface area (Å²) in [6.45, 7) is 5.96. The van der Waals surface area contributed by atoms with Gasteiger partial charge in [-0.1, -0.05) is 36.4 Å². The number of benzene rings is 1. The first-order valence-corrected chi connectivity index (χ1v) is 10.4. The minimum Gasteiger partial charge on any atom is -0.324 e. The quantitative estimate of drug-likeness (QED) is 0.531. The SMILES string of the molecule is CCc1cc2c(=O)n(CC(=O)Nc3ccc(C)cc3C)c(SC)nc2s1. The van der Waals surface area contributed by atoms with Gasteiger partial charge in [0.1, 0.15) is 11.4 Å². The second-order valence-corrected chi connectivity index (χ2v) is 8.03. The Kier molecular flexibility index (Phi) is 5.48. The third-order valence-corrected chi connectivity index (χ3v) is 6.01. The molecule has 0 unspecified atom stereocenters. The molecule has 7 heteroatoms. The number of hydrogen-bond acceptors (Lipinski definition) is 5. The number of thiophene rings is 1. The molecule has 2 heterocycles. The molecule has 26 heavy (non-hydrogen) atoms. The number of nitrogens with one attached hydrogen (secondary N) is 1. The Morgan fingerprint density at radius 1 is 1.31 bits per heavy atom. The molecule has 0 radical (unpaired) electrons. The van der Waals surface area contributed by atoms with Gasteiger partial charge in [-0.3, -0.25) is 14.2 Å². The van der Waals surface area contributed by atoms with Gasteiger partial charge in [0.2, 0.25) is 5.91 Å². The fraction of sp³-hybridized carbons (Fsp3) is 0.316. The molecule has 0 saturated heterocycles. The maximum atomic E-state index is 12.9. The van der Waals surface area contributed by atoms with Gasteiger partial charge in [-0.05, 0) is 44.2 Å². The number of aromatic nitrogens is 2. The summed E-state index contributed by atoms with van der Waals surface area (Å²) < 4.78 is 1.46. The van der Waals surface area contributed by atoms with Crippen molar-refractivity contribution in [2.75, 3.05) is 11.6 Å². The topological polar surface area (TPSA) is 64.0 Å². The minimum atomic E-state index is -0.235. The van der Waals surface area contributed by atoms with E-state index < -0.39 is 0 Å². The number of rotatable bonds is 5. The van der Waals surface area contributed by atoms with E-state index in [2.05, 4.69) is 17.2 Å². The van der Waals surface area contributed by atoms with E-state index in [1.807, 2.05) is 44.4 Å².